The Kier molecular flexibility index (Phi) is 3.61. The van der Waals surface area contributed by atoms with Crippen LogP contribution < -0.4 is 5.32 Å². The summed E-state index contributed by atoms with van der Waals surface area (Å²) in [5.41, 5.74) is 2.22. The third-order valence-electron chi connectivity index (χ3n) is 4.40. The first kappa shape index (κ1) is 15.3. The van der Waals surface area contributed by atoms with Gasteiger partial charge in [0, 0.05) is 22.2 Å². The number of halogens is 3. The molecule has 0 radical (unpaired) electrons. The van der Waals surface area contributed by atoms with Crippen molar-refractivity contribution in [2.24, 2.45) is 0 Å². The summed E-state index contributed by atoms with van der Waals surface area (Å²) >= 11 is 3.57. The molecule has 0 saturated heterocycles. The summed E-state index contributed by atoms with van der Waals surface area (Å²) in [6.45, 7) is 0. The predicted octanol–water partition coefficient (Wildman–Crippen LogP) is 5.35. The molecule has 3 aromatic carbocycles. The standard InChI is InChI=1S/C19H12BrF2NO/c20-15-8-14-13(10-5-6-16(21)17(22)7-10)9-18(24)23-19(14)12-4-2-1-3-11(12)15/h1-8,13H,9H2,(H,23,24). The van der Waals surface area contributed by atoms with Crippen LogP contribution in [-0.4, -0.2) is 5.91 Å². The molecule has 1 aliphatic rings. The summed E-state index contributed by atoms with van der Waals surface area (Å²) in [6.07, 6.45) is 0.197. The Morgan fingerprint density at radius 1 is 1.00 bits per heavy atom. The van der Waals surface area contributed by atoms with E-state index in [1.165, 1.54) is 12.1 Å². The zero-order valence-electron chi connectivity index (χ0n) is 12.4. The summed E-state index contributed by atoms with van der Waals surface area (Å²) in [6, 6.07) is 13.5. The Labute approximate surface area is 145 Å². The van der Waals surface area contributed by atoms with Crippen LogP contribution in [0.1, 0.15) is 23.5 Å². The van der Waals surface area contributed by atoms with Crippen LogP contribution in [-0.2, 0) is 4.79 Å². The highest BCUT2D eigenvalue weighted by molar-refractivity contribution is 9.10. The van der Waals surface area contributed by atoms with E-state index in [2.05, 4.69) is 21.2 Å². The smallest absolute Gasteiger partial charge is 0.225 e. The van der Waals surface area contributed by atoms with Crippen molar-refractivity contribution >= 4 is 38.3 Å². The second-order valence-corrected chi connectivity index (χ2v) is 6.70. The molecule has 1 N–H and O–H groups in total. The molecule has 1 amide bonds. The van der Waals surface area contributed by atoms with E-state index in [1.807, 2.05) is 30.3 Å². The van der Waals surface area contributed by atoms with Crippen LogP contribution in [0, 0.1) is 11.6 Å². The van der Waals surface area contributed by atoms with Gasteiger partial charge < -0.3 is 5.32 Å². The average molecular weight is 388 g/mol. The number of rotatable bonds is 1. The second kappa shape index (κ2) is 5.67. The molecule has 3 aromatic rings. The van der Waals surface area contributed by atoms with Gasteiger partial charge in [-0.2, -0.15) is 0 Å². The number of benzene rings is 3. The van der Waals surface area contributed by atoms with Gasteiger partial charge in [-0.1, -0.05) is 46.3 Å². The third kappa shape index (κ3) is 2.40. The van der Waals surface area contributed by atoms with Crippen molar-refractivity contribution in [1.29, 1.82) is 0 Å². The van der Waals surface area contributed by atoms with Gasteiger partial charge in [0.05, 0.1) is 5.69 Å². The van der Waals surface area contributed by atoms with Gasteiger partial charge in [-0.25, -0.2) is 8.78 Å². The second-order valence-electron chi connectivity index (χ2n) is 5.85. The van der Waals surface area contributed by atoms with Gasteiger partial charge in [-0.3, -0.25) is 4.79 Å². The predicted molar refractivity (Wildman–Crippen MR) is 93.1 cm³/mol. The first-order chi connectivity index (χ1) is 11.5. The minimum atomic E-state index is -0.903. The quantitative estimate of drug-likeness (QED) is 0.598. The first-order valence-electron chi connectivity index (χ1n) is 7.50. The van der Waals surface area contributed by atoms with Crippen LogP contribution in [0.4, 0.5) is 14.5 Å². The fraction of sp³-hybridized carbons (Fsp3) is 0.105. The Hall–Kier alpha value is -2.27. The molecule has 120 valence electrons. The Morgan fingerprint density at radius 2 is 1.75 bits per heavy atom. The maximum atomic E-state index is 13.7. The number of hydrogen-bond donors (Lipinski definition) is 1. The van der Waals surface area contributed by atoms with Gasteiger partial charge in [0.25, 0.3) is 0 Å². The minimum Gasteiger partial charge on any atom is -0.325 e. The molecule has 5 heteroatoms. The monoisotopic (exact) mass is 387 g/mol. The highest BCUT2D eigenvalue weighted by Gasteiger charge is 2.29. The molecular formula is C19H12BrF2NO. The van der Waals surface area contributed by atoms with Crippen molar-refractivity contribution in [1.82, 2.24) is 0 Å². The molecule has 1 aliphatic heterocycles. The lowest BCUT2D eigenvalue weighted by Crippen LogP contribution is -2.24. The third-order valence-corrected chi connectivity index (χ3v) is 5.06. The molecule has 0 saturated carbocycles. The largest absolute Gasteiger partial charge is 0.325 e. The number of nitrogens with one attached hydrogen (secondary N) is 1. The zero-order chi connectivity index (χ0) is 16.8. The normalized spacial score (nSPS) is 16.8. The highest BCUT2D eigenvalue weighted by Crippen LogP contribution is 2.43. The molecule has 0 spiro atoms. The number of carbonyl (C=O) groups is 1. The lowest BCUT2D eigenvalue weighted by Gasteiger charge is -2.28. The van der Waals surface area contributed by atoms with Crippen molar-refractivity contribution in [3.05, 3.63) is 75.8 Å². The van der Waals surface area contributed by atoms with Crippen molar-refractivity contribution in [3.8, 4) is 0 Å². The van der Waals surface area contributed by atoms with E-state index in [0.29, 0.717) is 5.56 Å². The van der Waals surface area contributed by atoms with Gasteiger partial charge in [0.1, 0.15) is 0 Å². The van der Waals surface area contributed by atoms with E-state index in [0.717, 1.165) is 32.6 Å². The van der Waals surface area contributed by atoms with E-state index in [1.54, 1.807) is 0 Å². The van der Waals surface area contributed by atoms with Crippen LogP contribution in [0.2, 0.25) is 0 Å². The van der Waals surface area contributed by atoms with Crippen LogP contribution >= 0.6 is 15.9 Å². The van der Waals surface area contributed by atoms with Crippen LogP contribution in [0.5, 0.6) is 0 Å². The zero-order valence-corrected chi connectivity index (χ0v) is 14.0. The van der Waals surface area contributed by atoms with E-state index in [-0.39, 0.29) is 18.2 Å². The Balaban J connectivity index is 1.97. The summed E-state index contributed by atoms with van der Waals surface area (Å²) < 4.78 is 27.8. The van der Waals surface area contributed by atoms with Crippen molar-refractivity contribution in [3.63, 3.8) is 0 Å². The topological polar surface area (TPSA) is 29.1 Å². The lowest BCUT2D eigenvalue weighted by atomic mass is 9.83. The molecular weight excluding hydrogens is 376 g/mol. The average Bonchev–Trinajstić information content (AvgIpc) is 2.58. The molecule has 0 fully saturated rings. The van der Waals surface area contributed by atoms with E-state index >= 15 is 0 Å². The summed E-state index contributed by atoms with van der Waals surface area (Å²) in [5, 5.41) is 4.84. The number of fused-ring (bicyclic) bond motifs is 3. The number of anilines is 1. The van der Waals surface area contributed by atoms with Crippen LogP contribution in [0.25, 0.3) is 10.8 Å². The van der Waals surface area contributed by atoms with E-state index < -0.39 is 11.6 Å². The van der Waals surface area contributed by atoms with Crippen molar-refractivity contribution in [2.45, 2.75) is 12.3 Å². The molecule has 0 bridgehead atoms. The van der Waals surface area contributed by atoms with Crippen molar-refractivity contribution < 1.29 is 13.6 Å². The molecule has 0 aliphatic carbocycles. The van der Waals surface area contributed by atoms with Gasteiger partial charge in [-0.15, -0.1) is 0 Å². The fourth-order valence-corrected chi connectivity index (χ4v) is 3.87. The van der Waals surface area contributed by atoms with E-state index in [9.17, 15) is 13.6 Å². The molecule has 2 nitrogen and oxygen atoms in total. The first-order valence-corrected chi connectivity index (χ1v) is 8.30. The molecule has 1 atom stereocenters. The number of hydrogen-bond acceptors (Lipinski definition) is 1. The van der Waals surface area contributed by atoms with Gasteiger partial charge in [-0.05, 0) is 34.7 Å². The lowest BCUT2D eigenvalue weighted by molar-refractivity contribution is -0.116. The molecule has 1 heterocycles. The maximum Gasteiger partial charge on any atom is 0.225 e. The van der Waals surface area contributed by atoms with Crippen LogP contribution in [0.3, 0.4) is 0 Å². The summed E-state index contributed by atoms with van der Waals surface area (Å²) in [4.78, 5) is 12.2. The van der Waals surface area contributed by atoms with E-state index in [4.69, 9.17) is 0 Å². The minimum absolute atomic E-state index is 0.135. The maximum absolute atomic E-state index is 13.7. The Bertz CT molecular complexity index is 987. The fourth-order valence-electron chi connectivity index (χ4n) is 3.28. The summed E-state index contributed by atoms with van der Waals surface area (Å²) in [7, 11) is 0. The van der Waals surface area contributed by atoms with Gasteiger partial charge in [0.2, 0.25) is 5.91 Å². The van der Waals surface area contributed by atoms with Gasteiger partial charge >= 0.3 is 0 Å². The van der Waals surface area contributed by atoms with Gasteiger partial charge in [0.15, 0.2) is 11.6 Å². The van der Waals surface area contributed by atoms with Crippen LogP contribution in [0.15, 0.2) is 53.0 Å². The number of amides is 1. The summed E-state index contributed by atoms with van der Waals surface area (Å²) in [5.74, 6) is -2.24. The van der Waals surface area contributed by atoms with Crippen molar-refractivity contribution in [2.75, 3.05) is 5.32 Å². The molecule has 24 heavy (non-hydrogen) atoms. The molecule has 1 unspecified atom stereocenters. The Morgan fingerprint density at radius 3 is 2.50 bits per heavy atom. The number of carbonyl (C=O) groups excluding carboxylic acids is 1. The highest BCUT2D eigenvalue weighted by atomic mass is 79.9. The SMILES string of the molecule is O=C1CC(c2ccc(F)c(F)c2)c2cc(Br)c3ccccc3c2N1. The molecule has 4 rings (SSSR count). The molecule has 0 aromatic heterocycles.